The lowest BCUT2D eigenvalue weighted by Gasteiger charge is -2.21. The summed E-state index contributed by atoms with van der Waals surface area (Å²) < 4.78 is 4.99. The Labute approximate surface area is 113 Å². The fraction of sp³-hybridized carbons (Fsp3) is 0.500. The number of methoxy groups -OCH3 is 1. The highest BCUT2D eigenvalue weighted by molar-refractivity contribution is 5.95. The third-order valence-corrected chi connectivity index (χ3v) is 3.29. The predicted molar refractivity (Wildman–Crippen MR) is 73.5 cm³/mol. The number of rotatable bonds is 6. The van der Waals surface area contributed by atoms with Crippen molar-refractivity contribution in [3.8, 4) is 0 Å². The molecule has 1 amide bonds. The number of nitrogens with one attached hydrogen (secondary N) is 1. The Hall–Kier alpha value is -1.59. The first-order chi connectivity index (χ1) is 9.26. The van der Waals surface area contributed by atoms with Gasteiger partial charge in [0, 0.05) is 38.0 Å². The summed E-state index contributed by atoms with van der Waals surface area (Å²) in [5.41, 5.74) is 2.95. The molecule has 0 atom stereocenters. The first-order valence-electron chi connectivity index (χ1n) is 6.52. The maximum atomic E-state index is 12.4. The average Bonchev–Trinajstić information content (AvgIpc) is 2.90. The van der Waals surface area contributed by atoms with E-state index in [0.717, 1.165) is 18.7 Å². The van der Waals surface area contributed by atoms with Gasteiger partial charge in [0.25, 0.3) is 5.91 Å². The molecule has 1 aliphatic rings. The normalized spacial score (nSPS) is 12.9. The summed E-state index contributed by atoms with van der Waals surface area (Å²) in [6.07, 6.45) is 1.01. The first-order valence-corrected chi connectivity index (χ1v) is 6.52. The zero-order valence-corrected chi connectivity index (χ0v) is 11.2. The van der Waals surface area contributed by atoms with Crippen LogP contribution in [0.2, 0.25) is 0 Å². The van der Waals surface area contributed by atoms with E-state index >= 15 is 0 Å². The summed E-state index contributed by atoms with van der Waals surface area (Å²) in [5.74, 6) is -0.0670. The Morgan fingerprint density at radius 3 is 3.05 bits per heavy atom. The van der Waals surface area contributed by atoms with E-state index in [9.17, 15) is 4.79 Å². The SMILES string of the molecule is COCCN(CCO)C(=O)c1ccc2c(c1)NCC2. The Kier molecular flexibility index (Phi) is 4.76. The molecule has 2 N–H and O–H groups in total. The van der Waals surface area contributed by atoms with Gasteiger partial charge in [-0.25, -0.2) is 0 Å². The van der Waals surface area contributed by atoms with Crippen LogP contribution in [0.25, 0.3) is 0 Å². The quantitative estimate of drug-likeness (QED) is 0.795. The van der Waals surface area contributed by atoms with Gasteiger partial charge in [0.1, 0.15) is 0 Å². The molecular weight excluding hydrogens is 244 g/mol. The Balaban J connectivity index is 2.11. The van der Waals surface area contributed by atoms with E-state index in [4.69, 9.17) is 9.84 Å². The van der Waals surface area contributed by atoms with E-state index in [2.05, 4.69) is 5.32 Å². The lowest BCUT2D eigenvalue weighted by Crippen LogP contribution is -2.36. The van der Waals surface area contributed by atoms with Gasteiger partial charge in [0.05, 0.1) is 13.2 Å². The number of nitrogens with zero attached hydrogens (tertiary/aromatic N) is 1. The molecule has 0 radical (unpaired) electrons. The van der Waals surface area contributed by atoms with Gasteiger partial charge >= 0.3 is 0 Å². The number of amides is 1. The van der Waals surface area contributed by atoms with E-state index in [1.54, 1.807) is 12.0 Å². The fourth-order valence-corrected chi connectivity index (χ4v) is 2.24. The molecule has 19 heavy (non-hydrogen) atoms. The summed E-state index contributed by atoms with van der Waals surface area (Å²) in [6.45, 7) is 2.16. The highest BCUT2D eigenvalue weighted by Gasteiger charge is 2.18. The number of benzene rings is 1. The first kappa shape index (κ1) is 13.8. The van der Waals surface area contributed by atoms with Crippen molar-refractivity contribution in [1.29, 1.82) is 0 Å². The maximum absolute atomic E-state index is 12.4. The van der Waals surface area contributed by atoms with Crippen molar-refractivity contribution < 1.29 is 14.6 Å². The molecule has 0 fully saturated rings. The molecule has 5 heteroatoms. The molecule has 1 heterocycles. The number of hydrogen-bond donors (Lipinski definition) is 2. The van der Waals surface area contributed by atoms with E-state index in [-0.39, 0.29) is 12.5 Å². The number of anilines is 1. The minimum absolute atomic E-state index is 0.0430. The molecule has 0 bridgehead atoms. The van der Waals surface area contributed by atoms with Crippen LogP contribution in [0.4, 0.5) is 5.69 Å². The van der Waals surface area contributed by atoms with E-state index < -0.39 is 0 Å². The third-order valence-electron chi connectivity index (χ3n) is 3.29. The molecule has 1 aliphatic heterocycles. The standard InChI is InChI=1S/C14H20N2O3/c1-19-9-7-16(6-8-17)14(18)12-3-2-11-4-5-15-13(11)10-12/h2-3,10,15,17H,4-9H2,1H3. The second-order valence-corrected chi connectivity index (χ2v) is 4.56. The minimum atomic E-state index is -0.0670. The van der Waals surface area contributed by atoms with Gasteiger partial charge in [-0.15, -0.1) is 0 Å². The highest BCUT2D eigenvalue weighted by atomic mass is 16.5. The second kappa shape index (κ2) is 6.54. The van der Waals surface area contributed by atoms with E-state index in [1.165, 1.54) is 5.56 Å². The molecule has 2 rings (SSSR count). The van der Waals surface area contributed by atoms with Crippen LogP contribution in [-0.2, 0) is 11.2 Å². The van der Waals surface area contributed by atoms with Crippen LogP contribution in [0, 0.1) is 0 Å². The van der Waals surface area contributed by atoms with E-state index in [1.807, 2.05) is 18.2 Å². The summed E-state index contributed by atoms with van der Waals surface area (Å²) >= 11 is 0. The molecule has 0 aromatic heterocycles. The molecule has 1 aromatic rings. The summed E-state index contributed by atoms with van der Waals surface area (Å²) in [4.78, 5) is 14.0. The molecule has 0 unspecified atom stereocenters. The molecule has 5 nitrogen and oxygen atoms in total. The van der Waals surface area contributed by atoms with Crippen molar-refractivity contribution in [2.24, 2.45) is 0 Å². The average molecular weight is 264 g/mol. The van der Waals surface area contributed by atoms with Crippen LogP contribution >= 0.6 is 0 Å². The number of fused-ring (bicyclic) bond motifs is 1. The summed E-state index contributed by atoms with van der Waals surface area (Å²) in [6, 6.07) is 5.74. The van der Waals surface area contributed by atoms with Gasteiger partial charge in [-0.05, 0) is 24.1 Å². The largest absolute Gasteiger partial charge is 0.395 e. The Bertz CT molecular complexity index is 448. The molecule has 0 spiro atoms. The number of ether oxygens (including phenoxy) is 1. The van der Waals surface area contributed by atoms with Gasteiger partial charge in [0.2, 0.25) is 0 Å². The zero-order valence-electron chi connectivity index (χ0n) is 11.2. The molecular formula is C14H20N2O3. The van der Waals surface area contributed by atoms with Crippen molar-refractivity contribution >= 4 is 11.6 Å². The smallest absolute Gasteiger partial charge is 0.254 e. The van der Waals surface area contributed by atoms with Gasteiger partial charge in [-0.2, -0.15) is 0 Å². The molecule has 0 aliphatic carbocycles. The Morgan fingerprint density at radius 2 is 2.32 bits per heavy atom. The molecule has 1 aromatic carbocycles. The summed E-state index contributed by atoms with van der Waals surface area (Å²) in [7, 11) is 1.60. The fourth-order valence-electron chi connectivity index (χ4n) is 2.24. The lowest BCUT2D eigenvalue weighted by atomic mass is 10.1. The van der Waals surface area contributed by atoms with Crippen molar-refractivity contribution in [2.45, 2.75) is 6.42 Å². The lowest BCUT2D eigenvalue weighted by molar-refractivity contribution is 0.0656. The highest BCUT2D eigenvalue weighted by Crippen LogP contribution is 2.23. The van der Waals surface area contributed by atoms with Gasteiger partial charge in [0.15, 0.2) is 0 Å². The maximum Gasteiger partial charge on any atom is 0.254 e. The molecule has 104 valence electrons. The topological polar surface area (TPSA) is 61.8 Å². The number of aliphatic hydroxyl groups excluding tert-OH is 1. The van der Waals surface area contributed by atoms with Crippen LogP contribution in [0.3, 0.4) is 0 Å². The van der Waals surface area contributed by atoms with Crippen LogP contribution in [-0.4, -0.2) is 55.9 Å². The Morgan fingerprint density at radius 1 is 1.47 bits per heavy atom. The minimum Gasteiger partial charge on any atom is -0.395 e. The van der Waals surface area contributed by atoms with Gasteiger partial charge in [-0.1, -0.05) is 6.07 Å². The van der Waals surface area contributed by atoms with Crippen LogP contribution in [0.5, 0.6) is 0 Å². The molecule has 0 saturated carbocycles. The predicted octanol–water partition coefficient (Wildman–Crippen LogP) is 0.736. The van der Waals surface area contributed by atoms with Crippen molar-refractivity contribution in [3.63, 3.8) is 0 Å². The number of carbonyl (C=O) groups excluding carboxylic acids is 1. The van der Waals surface area contributed by atoms with Crippen LogP contribution in [0.1, 0.15) is 15.9 Å². The number of aliphatic hydroxyl groups is 1. The van der Waals surface area contributed by atoms with Crippen LogP contribution in [0.15, 0.2) is 18.2 Å². The van der Waals surface area contributed by atoms with Gasteiger partial charge in [-0.3, -0.25) is 4.79 Å². The third kappa shape index (κ3) is 3.24. The van der Waals surface area contributed by atoms with Crippen LogP contribution < -0.4 is 5.32 Å². The second-order valence-electron chi connectivity index (χ2n) is 4.56. The van der Waals surface area contributed by atoms with E-state index in [0.29, 0.717) is 25.3 Å². The zero-order chi connectivity index (χ0) is 13.7. The number of hydrogen-bond acceptors (Lipinski definition) is 4. The number of carbonyl (C=O) groups is 1. The van der Waals surface area contributed by atoms with Crippen molar-refractivity contribution in [3.05, 3.63) is 29.3 Å². The van der Waals surface area contributed by atoms with Crippen molar-refractivity contribution in [2.75, 3.05) is 45.3 Å². The molecule has 0 saturated heterocycles. The van der Waals surface area contributed by atoms with Crippen molar-refractivity contribution in [1.82, 2.24) is 4.90 Å². The monoisotopic (exact) mass is 264 g/mol. The van der Waals surface area contributed by atoms with Gasteiger partial charge < -0.3 is 20.1 Å². The summed E-state index contributed by atoms with van der Waals surface area (Å²) in [5, 5.41) is 12.3.